The van der Waals surface area contributed by atoms with Crippen LogP contribution >= 0.6 is 11.6 Å². The molecule has 0 spiro atoms. The van der Waals surface area contributed by atoms with Crippen molar-refractivity contribution >= 4 is 23.3 Å². The van der Waals surface area contributed by atoms with Gasteiger partial charge < -0.3 is 10.6 Å². The van der Waals surface area contributed by atoms with E-state index in [4.69, 9.17) is 11.6 Å². The molecule has 1 saturated carbocycles. The zero-order chi connectivity index (χ0) is 12.3. The van der Waals surface area contributed by atoms with Crippen LogP contribution in [0.3, 0.4) is 0 Å². The van der Waals surface area contributed by atoms with Gasteiger partial charge in [-0.1, -0.05) is 18.0 Å². The molecular formula is C12H16ClN3O. The molecule has 0 unspecified atom stereocenters. The second kappa shape index (κ2) is 5.36. The molecule has 2 rings (SSSR count). The van der Waals surface area contributed by atoms with E-state index in [1.165, 1.54) is 19.3 Å². The summed E-state index contributed by atoms with van der Waals surface area (Å²) in [4.78, 5) is 16.0. The average molecular weight is 254 g/mol. The second-order valence-electron chi connectivity index (χ2n) is 4.28. The topological polar surface area (TPSA) is 54.0 Å². The van der Waals surface area contributed by atoms with Crippen molar-refractivity contribution in [2.24, 2.45) is 5.92 Å². The number of carbonyl (C=O) groups is 1. The SMILES string of the molecule is CNc1ccc(Cl)c(C(=O)NCC2CCC2)n1. The minimum Gasteiger partial charge on any atom is -0.373 e. The Bertz CT molecular complexity index is 418. The van der Waals surface area contributed by atoms with Crippen LogP contribution < -0.4 is 10.6 Å². The van der Waals surface area contributed by atoms with Gasteiger partial charge in [0.1, 0.15) is 11.5 Å². The fourth-order valence-corrected chi connectivity index (χ4v) is 1.95. The van der Waals surface area contributed by atoms with Gasteiger partial charge in [0.25, 0.3) is 5.91 Å². The molecule has 1 aliphatic rings. The summed E-state index contributed by atoms with van der Waals surface area (Å²) < 4.78 is 0. The van der Waals surface area contributed by atoms with Crippen molar-refractivity contribution in [3.05, 3.63) is 22.8 Å². The smallest absolute Gasteiger partial charge is 0.271 e. The van der Waals surface area contributed by atoms with Gasteiger partial charge >= 0.3 is 0 Å². The van der Waals surface area contributed by atoms with Gasteiger partial charge in [0.2, 0.25) is 0 Å². The molecule has 0 bridgehead atoms. The van der Waals surface area contributed by atoms with Crippen LogP contribution in [0.5, 0.6) is 0 Å². The van der Waals surface area contributed by atoms with Crippen LogP contribution in [0, 0.1) is 5.92 Å². The molecule has 2 N–H and O–H groups in total. The number of carbonyl (C=O) groups excluding carboxylic acids is 1. The summed E-state index contributed by atoms with van der Waals surface area (Å²) in [6.45, 7) is 0.723. The lowest BCUT2D eigenvalue weighted by Crippen LogP contribution is -2.32. The van der Waals surface area contributed by atoms with E-state index in [-0.39, 0.29) is 11.6 Å². The number of amides is 1. The number of pyridine rings is 1. The van der Waals surface area contributed by atoms with Crippen molar-refractivity contribution in [2.75, 3.05) is 18.9 Å². The highest BCUT2D eigenvalue weighted by Crippen LogP contribution is 2.25. The lowest BCUT2D eigenvalue weighted by atomic mass is 9.85. The summed E-state index contributed by atoms with van der Waals surface area (Å²) in [7, 11) is 1.76. The Balaban J connectivity index is 2.01. The molecule has 1 aromatic heterocycles. The Morgan fingerprint density at radius 1 is 1.53 bits per heavy atom. The molecule has 5 heteroatoms. The molecule has 4 nitrogen and oxygen atoms in total. The van der Waals surface area contributed by atoms with E-state index in [1.54, 1.807) is 19.2 Å². The largest absolute Gasteiger partial charge is 0.373 e. The molecule has 17 heavy (non-hydrogen) atoms. The highest BCUT2D eigenvalue weighted by molar-refractivity contribution is 6.33. The quantitative estimate of drug-likeness (QED) is 0.866. The zero-order valence-corrected chi connectivity index (χ0v) is 10.5. The van der Waals surface area contributed by atoms with Crippen molar-refractivity contribution < 1.29 is 4.79 Å². The van der Waals surface area contributed by atoms with Gasteiger partial charge in [-0.15, -0.1) is 0 Å². The number of aromatic nitrogens is 1. The molecule has 1 amide bonds. The number of hydrogen-bond acceptors (Lipinski definition) is 3. The van der Waals surface area contributed by atoms with Crippen molar-refractivity contribution in [2.45, 2.75) is 19.3 Å². The minimum absolute atomic E-state index is 0.195. The Hall–Kier alpha value is -1.29. The van der Waals surface area contributed by atoms with Crippen LogP contribution in [0.25, 0.3) is 0 Å². The normalized spacial score (nSPS) is 15.2. The van der Waals surface area contributed by atoms with E-state index in [2.05, 4.69) is 15.6 Å². The number of hydrogen-bond donors (Lipinski definition) is 2. The first-order chi connectivity index (χ1) is 8.20. The van der Waals surface area contributed by atoms with Gasteiger partial charge in [0.15, 0.2) is 0 Å². The predicted molar refractivity (Wildman–Crippen MR) is 68.5 cm³/mol. The van der Waals surface area contributed by atoms with E-state index < -0.39 is 0 Å². The fourth-order valence-electron chi connectivity index (χ4n) is 1.76. The Kier molecular flexibility index (Phi) is 3.84. The first kappa shape index (κ1) is 12.2. The van der Waals surface area contributed by atoms with Crippen LogP contribution in [-0.4, -0.2) is 24.5 Å². The first-order valence-electron chi connectivity index (χ1n) is 5.83. The maximum Gasteiger partial charge on any atom is 0.271 e. The first-order valence-corrected chi connectivity index (χ1v) is 6.21. The number of halogens is 1. The van der Waals surface area contributed by atoms with Crippen LogP contribution in [0.4, 0.5) is 5.82 Å². The monoisotopic (exact) mass is 253 g/mol. The van der Waals surface area contributed by atoms with E-state index in [0.717, 1.165) is 6.54 Å². The maximum absolute atomic E-state index is 11.9. The molecule has 1 aromatic rings. The van der Waals surface area contributed by atoms with E-state index in [1.807, 2.05) is 0 Å². The van der Waals surface area contributed by atoms with E-state index in [0.29, 0.717) is 16.8 Å². The molecule has 0 atom stereocenters. The predicted octanol–water partition coefficient (Wildman–Crippen LogP) is 2.31. The van der Waals surface area contributed by atoms with Gasteiger partial charge in [-0.25, -0.2) is 4.98 Å². The van der Waals surface area contributed by atoms with Crippen molar-refractivity contribution in [1.82, 2.24) is 10.3 Å². The summed E-state index contributed by atoms with van der Waals surface area (Å²) in [5, 5.41) is 6.15. The van der Waals surface area contributed by atoms with Gasteiger partial charge in [-0.3, -0.25) is 4.79 Å². The molecule has 0 aliphatic heterocycles. The molecular weight excluding hydrogens is 238 g/mol. The Morgan fingerprint density at radius 3 is 2.88 bits per heavy atom. The number of nitrogens with zero attached hydrogens (tertiary/aromatic N) is 1. The third kappa shape index (κ3) is 2.88. The van der Waals surface area contributed by atoms with Crippen molar-refractivity contribution in [3.63, 3.8) is 0 Å². The molecule has 0 saturated heterocycles. The molecule has 1 aliphatic carbocycles. The lowest BCUT2D eigenvalue weighted by molar-refractivity contribution is 0.0934. The fraction of sp³-hybridized carbons (Fsp3) is 0.500. The summed E-state index contributed by atoms with van der Waals surface area (Å²) in [5.74, 6) is 1.08. The van der Waals surface area contributed by atoms with Gasteiger partial charge in [0.05, 0.1) is 5.02 Å². The third-order valence-corrected chi connectivity index (χ3v) is 3.40. The third-order valence-electron chi connectivity index (χ3n) is 3.09. The van der Waals surface area contributed by atoms with Gasteiger partial charge in [-0.05, 0) is 30.9 Å². The summed E-state index contributed by atoms with van der Waals surface area (Å²) >= 11 is 5.96. The van der Waals surface area contributed by atoms with E-state index in [9.17, 15) is 4.79 Å². The molecule has 0 radical (unpaired) electrons. The molecule has 1 fully saturated rings. The zero-order valence-electron chi connectivity index (χ0n) is 9.79. The van der Waals surface area contributed by atoms with Crippen molar-refractivity contribution in [1.29, 1.82) is 0 Å². The Labute approximate surface area is 106 Å². The standard InChI is InChI=1S/C12H16ClN3O/c1-14-10-6-5-9(13)11(16-10)12(17)15-7-8-3-2-4-8/h5-6,8H,2-4,7H2,1H3,(H,14,16)(H,15,17). The summed E-state index contributed by atoms with van der Waals surface area (Å²) in [5.41, 5.74) is 0.290. The van der Waals surface area contributed by atoms with Crippen LogP contribution in [-0.2, 0) is 0 Å². The number of nitrogens with one attached hydrogen (secondary N) is 2. The average Bonchev–Trinajstić information content (AvgIpc) is 2.27. The number of rotatable bonds is 4. The highest BCUT2D eigenvalue weighted by atomic mass is 35.5. The molecule has 92 valence electrons. The molecule has 0 aromatic carbocycles. The van der Waals surface area contributed by atoms with Gasteiger partial charge in [0, 0.05) is 13.6 Å². The van der Waals surface area contributed by atoms with Gasteiger partial charge in [-0.2, -0.15) is 0 Å². The van der Waals surface area contributed by atoms with Crippen LogP contribution in [0.2, 0.25) is 5.02 Å². The lowest BCUT2D eigenvalue weighted by Gasteiger charge is -2.25. The molecule has 1 heterocycles. The van der Waals surface area contributed by atoms with Crippen LogP contribution in [0.15, 0.2) is 12.1 Å². The Morgan fingerprint density at radius 2 is 2.29 bits per heavy atom. The highest BCUT2D eigenvalue weighted by Gasteiger charge is 2.19. The minimum atomic E-state index is -0.195. The summed E-state index contributed by atoms with van der Waals surface area (Å²) in [6, 6.07) is 3.42. The summed E-state index contributed by atoms with van der Waals surface area (Å²) in [6.07, 6.45) is 3.69. The van der Waals surface area contributed by atoms with Crippen LogP contribution in [0.1, 0.15) is 29.8 Å². The number of anilines is 1. The maximum atomic E-state index is 11.9. The van der Waals surface area contributed by atoms with Crippen molar-refractivity contribution in [3.8, 4) is 0 Å². The second-order valence-corrected chi connectivity index (χ2v) is 4.69. The van der Waals surface area contributed by atoms with E-state index >= 15 is 0 Å².